The largest absolute Gasteiger partial charge is 0.0952 e. The molecule has 1 aliphatic carbocycles. The maximum atomic E-state index is 4.24. The molecule has 16 heavy (non-hydrogen) atoms. The number of rotatable bonds is 7. The van der Waals surface area contributed by atoms with E-state index in [9.17, 15) is 0 Å². The van der Waals surface area contributed by atoms with Gasteiger partial charge < -0.3 is 0 Å². The quantitative estimate of drug-likeness (QED) is 0.490. The van der Waals surface area contributed by atoms with Crippen LogP contribution in [0.2, 0.25) is 0 Å². The fourth-order valence-electron chi connectivity index (χ4n) is 2.30. The average Bonchev–Trinajstić information content (AvgIpc) is 2.29. The van der Waals surface area contributed by atoms with E-state index in [0.717, 1.165) is 0 Å². The van der Waals surface area contributed by atoms with E-state index in [1.54, 1.807) is 0 Å². The van der Waals surface area contributed by atoms with Crippen LogP contribution in [0.15, 0.2) is 35.5 Å². The van der Waals surface area contributed by atoms with E-state index in [0.29, 0.717) is 0 Å². The Balaban J connectivity index is 2.25. The lowest BCUT2D eigenvalue weighted by Gasteiger charge is -2.15. The van der Waals surface area contributed by atoms with Crippen molar-refractivity contribution in [3.8, 4) is 0 Å². The van der Waals surface area contributed by atoms with Crippen molar-refractivity contribution in [2.24, 2.45) is 0 Å². The van der Waals surface area contributed by atoms with Crippen molar-refractivity contribution in [2.75, 3.05) is 0 Å². The first-order valence-electron chi connectivity index (χ1n) is 6.81. The molecule has 0 N–H and O–H groups in total. The summed E-state index contributed by atoms with van der Waals surface area (Å²) in [6.45, 7) is 8.72. The predicted molar refractivity (Wildman–Crippen MR) is 73.6 cm³/mol. The summed E-state index contributed by atoms with van der Waals surface area (Å²) in [6.07, 6.45) is 15.1. The molecule has 90 valence electrons. The smallest absolute Gasteiger partial charge is 0.0244 e. The molecule has 0 heterocycles. The molecule has 0 nitrogen and oxygen atoms in total. The number of allylic oxidation sites excluding steroid dienone is 5. The Labute approximate surface area is 101 Å². The minimum atomic E-state index is 1.18. The van der Waals surface area contributed by atoms with Gasteiger partial charge in [0.05, 0.1) is 0 Å². The summed E-state index contributed by atoms with van der Waals surface area (Å²) >= 11 is 0. The molecule has 0 fully saturated rings. The topological polar surface area (TPSA) is 0 Å². The molecular formula is C16H26. The van der Waals surface area contributed by atoms with Gasteiger partial charge in [0.25, 0.3) is 0 Å². The SMILES string of the molecule is C=C(CCCCCCC)C1=CCCC=C1C. The molecule has 0 atom stereocenters. The van der Waals surface area contributed by atoms with Crippen molar-refractivity contribution in [3.05, 3.63) is 35.5 Å². The lowest BCUT2D eigenvalue weighted by atomic mass is 9.91. The van der Waals surface area contributed by atoms with Crippen molar-refractivity contribution >= 4 is 0 Å². The third kappa shape index (κ3) is 4.38. The van der Waals surface area contributed by atoms with Crippen LogP contribution < -0.4 is 0 Å². The van der Waals surface area contributed by atoms with Gasteiger partial charge in [-0.25, -0.2) is 0 Å². The zero-order chi connectivity index (χ0) is 11.8. The van der Waals surface area contributed by atoms with E-state index >= 15 is 0 Å². The van der Waals surface area contributed by atoms with E-state index in [2.05, 4.69) is 32.6 Å². The van der Waals surface area contributed by atoms with E-state index < -0.39 is 0 Å². The highest BCUT2D eigenvalue weighted by atomic mass is 14.1. The molecule has 0 amide bonds. The molecule has 0 aromatic carbocycles. The summed E-state index contributed by atoms with van der Waals surface area (Å²) in [5.74, 6) is 0. The molecule has 0 bridgehead atoms. The summed E-state index contributed by atoms with van der Waals surface area (Å²) in [7, 11) is 0. The van der Waals surface area contributed by atoms with Gasteiger partial charge in [0.15, 0.2) is 0 Å². The fraction of sp³-hybridized carbons (Fsp3) is 0.625. The normalized spacial score (nSPS) is 15.6. The Hall–Kier alpha value is -0.780. The zero-order valence-electron chi connectivity index (χ0n) is 11.0. The summed E-state index contributed by atoms with van der Waals surface area (Å²) in [5, 5.41) is 0. The summed E-state index contributed by atoms with van der Waals surface area (Å²) in [6, 6.07) is 0. The number of hydrogen-bond acceptors (Lipinski definition) is 0. The summed E-state index contributed by atoms with van der Waals surface area (Å²) in [4.78, 5) is 0. The molecule has 0 aromatic rings. The van der Waals surface area contributed by atoms with Gasteiger partial charge >= 0.3 is 0 Å². The second-order valence-corrected chi connectivity index (χ2v) is 4.85. The molecule has 1 rings (SSSR count). The first-order valence-corrected chi connectivity index (χ1v) is 6.81. The third-order valence-electron chi connectivity index (χ3n) is 3.35. The van der Waals surface area contributed by atoms with Gasteiger partial charge in [0.2, 0.25) is 0 Å². The Bertz CT molecular complexity index is 278. The van der Waals surface area contributed by atoms with E-state index in [1.807, 2.05) is 0 Å². The molecule has 0 saturated heterocycles. The van der Waals surface area contributed by atoms with Gasteiger partial charge in [-0.1, -0.05) is 51.3 Å². The third-order valence-corrected chi connectivity index (χ3v) is 3.35. The maximum Gasteiger partial charge on any atom is -0.0244 e. The number of unbranched alkanes of at least 4 members (excludes halogenated alkanes) is 4. The van der Waals surface area contributed by atoms with Crippen LogP contribution in [0.25, 0.3) is 0 Å². The van der Waals surface area contributed by atoms with Crippen LogP contribution in [0.1, 0.15) is 65.2 Å². The van der Waals surface area contributed by atoms with E-state index in [1.165, 1.54) is 68.1 Å². The van der Waals surface area contributed by atoms with Gasteiger partial charge in [0.1, 0.15) is 0 Å². The second kappa shape index (κ2) is 7.49. The highest BCUT2D eigenvalue weighted by Crippen LogP contribution is 2.27. The molecule has 0 radical (unpaired) electrons. The first kappa shape index (κ1) is 13.3. The van der Waals surface area contributed by atoms with Gasteiger partial charge in [-0.3, -0.25) is 0 Å². The minimum absolute atomic E-state index is 1.18. The number of hydrogen-bond donors (Lipinski definition) is 0. The molecular weight excluding hydrogens is 192 g/mol. The van der Waals surface area contributed by atoms with Crippen LogP contribution in [0.5, 0.6) is 0 Å². The van der Waals surface area contributed by atoms with Crippen molar-refractivity contribution in [3.63, 3.8) is 0 Å². The minimum Gasteiger partial charge on any atom is -0.0952 e. The molecule has 0 spiro atoms. The molecule has 0 aliphatic heterocycles. The van der Waals surface area contributed by atoms with Crippen molar-refractivity contribution in [2.45, 2.75) is 65.2 Å². The highest BCUT2D eigenvalue weighted by molar-refractivity contribution is 5.45. The zero-order valence-corrected chi connectivity index (χ0v) is 11.0. The predicted octanol–water partition coefficient (Wildman–Crippen LogP) is 5.57. The van der Waals surface area contributed by atoms with Crippen LogP contribution >= 0.6 is 0 Å². The summed E-state index contributed by atoms with van der Waals surface area (Å²) in [5.41, 5.74) is 4.22. The standard InChI is InChI=1S/C16H26/c1-4-5-6-7-8-11-14(2)16-13-10-9-12-15(16)3/h12-13H,2,4-11H2,1,3H3. The monoisotopic (exact) mass is 218 g/mol. The molecule has 0 heteroatoms. The molecule has 0 unspecified atom stereocenters. The fourth-order valence-corrected chi connectivity index (χ4v) is 2.30. The highest BCUT2D eigenvalue weighted by Gasteiger charge is 2.07. The van der Waals surface area contributed by atoms with Gasteiger partial charge in [-0.2, -0.15) is 0 Å². The van der Waals surface area contributed by atoms with Gasteiger partial charge in [-0.15, -0.1) is 0 Å². The van der Waals surface area contributed by atoms with Crippen LogP contribution in [-0.4, -0.2) is 0 Å². The molecule has 0 aromatic heterocycles. The van der Waals surface area contributed by atoms with Crippen molar-refractivity contribution in [1.82, 2.24) is 0 Å². The second-order valence-electron chi connectivity index (χ2n) is 4.85. The average molecular weight is 218 g/mol. The Kier molecular flexibility index (Phi) is 6.22. The van der Waals surface area contributed by atoms with Crippen LogP contribution in [0.4, 0.5) is 0 Å². The Morgan fingerprint density at radius 1 is 1.12 bits per heavy atom. The van der Waals surface area contributed by atoms with Gasteiger partial charge in [0, 0.05) is 0 Å². The van der Waals surface area contributed by atoms with Gasteiger partial charge in [-0.05, 0) is 49.3 Å². The van der Waals surface area contributed by atoms with Crippen LogP contribution in [0, 0.1) is 0 Å². The van der Waals surface area contributed by atoms with Crippen molar-refractivity contribution < 1.29 is 0 Å². The lowest BCUT2D eigenvalue weighted by molar-refractivity contribution is 0.632. The first-order chi connectivity index (χ1) is 7.75. The van der Waals surface area contributed by atoms with E-state index in [-0.39, 0.29) is 0 Å². The maximum absolute atomic E-state index is 4.24. The summed E-state index contributed by atoms with van der Waals surface area (Å²) < 4.78 is 0. The van der Waals surface area contributed by atoms with E-state index in [4.69, 9.17) is 0 Å². The lowest BCUT2D eigenvalue weighted by Crippen LogP contribution is -1.95. The molecule has 0 saturated carbocycles. The van der Waals surface area contributed by atoms with Crippen molar-refractivity contribution in [1.29, 1.82) is 0 Å². The Morgan fingerprint density at radius 2 is 1.81 bits per heavy atom. The Morgan fingerprint density at radius 3 is 2.50 bits per heavy atom. The van der Waals surface area contributed by atoms with Crippen LogP contribution in [0.3, 0.4) is 0 Å². The molecule has 1 aliphatic rings. The van der Waals surface area contributed by atoms with Crippen LogP contribution in [-0.2, 0) is 0 Å².